The van der Waals surface area contributed by atoms with Gasteiger partial charge in [0, 0.05) is 0 Å². The molecule has 0 spiro atoms. The first kappa shape index (κ1) is 57.5. The Morgan fingerprint density at radius 2 is 0.410 bits per heavy atom. The first-order chi connectivity index (χ1) is 25.7. The molecule has 0 aromatic rings. The molecule has 0 heterocycles. The Kier molecular flexibility index (Phi) is 14.2. The first-order valence-electron chi connectivity index (χ1n) is 12.4. The van der Waals surface area contributed by atoms with E-state index in [-0.39, 0.29) is 0 Å². The van der Waals surface area contributed by atoms with Gasteiger partial charge >= 0.3 is 96.5 Å². The van der Waals surface area contributed by atoms with E-state index >= 15 is 0 Å². The number of allylic oxidation sites excluding steroid dienone is 4. The molecule has 0 N–H and O–H groups in total. The lowest BCUT2D eigenvalue weighted by molar-refractivity contribution is -0.508. The Labute approximate surface area is 302 Å². The van der Waals surface area contributed by atoms with Crippen molar-refractivity contribution in [2.45, 2.75) is 96.5 Å². The third-order valence-electron chi connectivity index (χ3n) is 5.91. The van der Waals surface area contributed by atoms with Crippen molar-refractivity contribution in [3.63, 3.8) is 0 Å². The van der Waals surface area contributed by atoms with Gasteiger partial charge in [-0.25, -0.2) is 18.3 Å². The minimum atomic E-state index is -9.61. The van der Waals surface area contributed by atoms with Crippen LogP contribution in [0.15, 0.2) is 23.2 Å². The zero-order chi connectivity index (χ0) is 50.4. The predicted octanol–water partition coefficient (Wildman–Crippen LogP) is 13.1. The highest BCUT2D eigenvalue weighted by Crippen LogP contribution is 2.61. The van der Waals surface area contributed by atoms with E-state index in [4.69, 9.17) is 0 Å². The number of alkyl halides is 36. The largest absolute Gasteiger partial charge is 0.462 e. The average Bonchev–Trinajstić information content (AvgIpc) is 2.96. The van der Waals surface area contributed by atoms with Crippen molar-refractivity contribution in [2.24, 2.45) is 0 Å². The van der Waals surface area contributed by atoms with Crippen LogP contribution in [0.5, 0.6) is 0 Å². The van der Waals surface area contributed by atoms with Gasteiger partial charge in [-0.2, -0.15) is 158 Å². The molecule has 0 radical (unpaired) electrons. The lowest BCUT2D eigenvalue weighted by atomic mass is 10.0. The summed E-state index contributed by atoms with van der Waals surface area (Å²) in [5.41, 5.74) is 0. The molecule has 3 nitrogen and oxygen atoms in total. The van der Waals surface area contributed by atoms with Gasteiger partial charge in [0.15, 0.2) is 0 Å². The number of hydrogen-bond acceptors (Lipinski definition) is 3. The Balaban J connectivity index is 8.86. The molecule has 0 bridgehead atoms. The molecule has 0 aliphatic rings. The highest BCUT2D eigenvalue weighted by Gasteiger charge is 2.86. The van der Waals surface area contributed by atoms with Gasteiger partial charge in [-0.1, -0.05) is 0 Å². The predicted molar refractivity (Wildman–Crippen MR) is 103 cm³/mol. The van der Waals surface area contributed by atoms with Crippen molar-refractivity contribution in [1.29, 1.82) is 0 Å². The van der Waals surface area contributed by atoms with Crippen LogP contribution in [0.2, 0.25) is 0 Å². The first-order valence-corrected chi connectivity index (χ1v) is 12.4. The lowest BCUT2D eigenvalue weighted by Gasteiger charge is -2.38. The Morgan fingerprint density at radius 3 is 0.574 bits per heavy atom. The molecule has 0 saturated heterocycles. The highest BCUT2D eigenvalue weighted by atomic mass is 19.5. The van der Waals surface area contributed by atoms with Gasteiger partial charge in [0.05, 0.1) is 0 Å². The van der Waals surface area contributed by atoms with Crippen molar-refractivity contribution in [3.8, 4) is 0 Å². The van der Waals surface area contributed by atoms with Crippen LogP contribution in [0, 0.1) is 0 Å². The molecule has 0 atom stereocenters. The summed E-state index contributed by atoms with van der Waals surface area (Å²) in [6.45, 7) is 0. The minimum absolute atomic E-state index is 0.738. The average molecular weight is 1010 g/mol. The van der Waals surface area contributed by atoms with Gasteiger partial charge in [0.2, 0.25) is 23.2 Å². The summed E-state index contributed by atoms with van der Waals surface area (Å²) in [5, 5.41) is 0. The summed E-state index contributed by atoms with van der Waals surface area (Å²) >= 11 is 0. The van der Waals surface area contributed by atoms with Crippen molar-refractivity contribution in [3.05, 3.63) is 23.2 Å². The normalized spacial score (nSPS) is 17.3. The Bertz CT molecular complexity index is 1520. The van der Waals surface area contributed by atoms with E-state index in [0.717, 1.165) is 9.47 Å². The summed E-state index contributed by atoms with van der Waals surface area (Å²) in [6, 6.07) is 0. The fraction of sp³-hybridized carbons (Fsp3) is 0.800. The van der Waals surface area contributed by atoms with Crippen LogP contribution in [0.25, 0.3) is 0 Å². The van der Waals surface area contributed by atoms with E-state index in [2.05, 4.69) is 0 Å². The number of hydrogen-bond donors (Lipinski definition) is 0. The summed E-state index contributed by atoms with van der Waals surface area (Å²) < 4.78 is 510. The Morgan fingerprint density at radius 1 is 0.230 bits per heavy atom. The van der Waals surface area contributed by atoms with Crippen molar-refractivity contribution in [1.82, 2.24) is 0 Å². The number of rotatable bonds is 16. The molecular weight excluding hydrogens is 1010 g/mol. The Hall–Kier alpha value is -3.46. The lowest BCUT2D eigenvalue weighted by Crippen LogP contribution is -2.64. The second-order valence-electron chi connectivity index (χ2n) is 10.2. The molecule has 0 saturated carbocycles. The molecular formula is C20F38O3. The molecule has 0 aliphatic carbocycles. The molecule has 0 rings (SSSR count). The van der Waals surface area contributed by atoms with E-state index < -0.39 is 120 Å². The maximum atomic E-state index is 14.6. The van der Waals surface area contributed by atoms with Gasteiger partial charge < -0.3 is 4.74 Å². The summed E-state index contributed by atoms with van der Waals surface area (Å²) in [4.78, 5) is 0. The van der Waals surface area contributed by atoms with Gasteiger partial charge in [-0.05, 0) is 0 Å². The SMILES string of the molecule is FC(=C(OC(=C(F)C(F)(F)C(F)(F)F)C(F)(F)C(F)(F)C(F)(F)OC(F)(F)C(F)(F)C(F)(F)F)C(F)(F)C(F)(F)C(F)(F)OC(F)(F)C(F)(F)C(F)(F)F)C(F)(F)C(F)(F)F. The molecule has 61 heavy (non-hydrogen) atoms. The zero-order valence-electron chi connectivity index (χ0n) is 25.6. The molecule has 364 valence electrons. The molecule has 0 unspecified atom stereocenters. The number of halogens is 38. The summed E-state index contributed by atoms with van der Waals surface area (Å²) in [6.07, 6.45) is -69.0. The zero-order valence-corrected chi connectivity index (χ0v) is 25.6. The summed E-state index contributed by atoms with van der Waals surface area (Å²) in [7, 11) is 0. The molecule has 0 aliphatic heterocycles. The van der Waals surface area contributed by atoms with Crippen LogP contribution >= 0.6 is 0 Å². The topological polar surface area (TPSA) is 27.7 Å². The van der Waals surface area contributed by atoms with Crippen molar-refractivity contribution < 1.29 is 181 Å². The van der Waals surface area contributed by atoms with Gasteiger partial charge in [0.25, 0.3) is 0 Å². The molecule has 41 heteroatoms. The smallest absolute Gasteiger partial charge is 0.447 e. The fourth-order valence-corrected chi connectivity index (χ4v) is 2.69. The third kappa shape index (κ3) is 9.29. The fourth-order valence-electron chi connectivity index (χ4n) is 2.69. The van der Waals surface area contributed by atoms with E-state index in [1.807, 2.05) is 0 Å². The standard InChI is InChI=1S/C20F38O3/c21-1(5(23,24)13(39,40)41)3(7(27,28)9(31,32)17(51,52)60-19(55,56)11(35,36)15(45,46)47)59-4(2(22)6(25,26)14(42,43)44)8(29,30)10(33,34)18(53,54)61-20(57,58)12(37,38)16(48,49)50. The van der Waals surface area contributed by atoms with Crippen LogP contribution in [0.1, 0.15) is 0 Å². The second-order valence-corrected chi connectivity index (χ2v) is 10.2. The van der Waals surface area contributed by atoms with Crippen LogP contribution in [-0.2, 0) is 14.2 Å². The third-order valence-corrected chi connectivity index (χ3v) is 5.91. The maximum absolute atomic E-state index is 14.6. The van der Waals surface area contributed by atoms with Gasteiger partial charge in [0.1, 0.15) is 0 Å². The van der Waals surface area contributed by atoms with E-state index in [1.165, 1.54) is 4.74 Å². The van der Waals surface area contributed by atoms with E-state index in [9.17, 15) is 167 Å². The van der Waals surface area contributed by atoms with Crippen LogP contribution in [-0.4, -0.2) is 96.5 Å². The van der Waals surface area contributed by atoms with E-state index in [1.54, 1.807) is 0 Å². The van der Waals surface area contributed by atoms with Crippen molar-refractivity contribution in [2.75, 3.05) is 0 Å². The molecule has 0 amide bonds. The second kappa shape index (κ2) is 15.1. The molecule has 0 fully saturated rings. The highest BCUT2D eigenvalue weighted by molar-refractivity contribution is 5.30. The van der Waals surface area contributed by atoms with Crippen LogP contribution in [0.3, 0.4) is 0 Å². The minimum Gasteiger partial charge on any atom is -0.447 e. The van der Waals surface area contributed by atoms with E-state index in [0.29, 0.717) is 0 Å². The summed E-state index contributed by atoms with van der Waals surface area (Å²) in [5.74, 6) is -99.5. The number of ether oxygens (including phenoxy) is 3. The monoisotopic (exact) mass is 1010 g/mol. The van der Waals surface area contributed by atoms with Crippen LogP contribution in [0.4, 0.5) is 167 Å². The van der Waals surface area contributed by atoms with Gasteiger partial charge in [-0.3, -0.25) is 0 Å². The molecule has 0 aromatic heterocycles. The van der Waals surface area contributed by atoms with Crippen LogP contribution < -0.4 is 0 Å². The maximum Gasteiger partial charge on any atom is 0.462 e. The molecule has 0 aromatic carbocycles. The quantitative estimate of drug-likeness (QED) is 0.114. The van der Waals surface area contributed by atoms with Gasteiger partial charge in [-0.15, -0.1) is 0 Å². The van der Waals surface area contributed by atoms with Crippen molar-refractivity contribution >= 4 is 0 Å².